The van der Waals surface area contributed by atoms with Crippen LogP contribution in [0.5, 0.6) is 0 Å². The molecule has 0 bridgehead atoms. The average Bonchev–Trinajstić information content (AvgIpc) is 2.10. The Labute approximate surface area is 94.8 Å². The van der Waals surface area contributed by atoms with E-state index in [4.69, 9.17) is 5.11 Å². The number of amides is 1. The lowest BCUT2D eigenvalue weighted by molar-refractivity contribution is -0.136. The molecule has 0 aromatic heterocycles. The molecular formula is C10H19NO3S. The summed E-state index contributed by atoms with van der Waals surface area (Å²) >= 11 is 1.32. The monoisotopic (exact) mass is 233 g/mol. The lowest BCUT2D eigenvalue weighted by atomic mass is 10.3. The van der Waals surface area contributed by atoms with Crippen LogP contribution in [0.3, 0.4) is 0 Å². The van der Waals surface area contributed by atoms with E-state index in [0.29, 0.717) is 18.6 Å². The maximum atomic E-state index is 11.2. The third kappa shape index (κ3) is 7.25. The van der Waals surface area contributed by atoms with Gasteiger partial charge in [0.1, 0.15) is 5.25 Å². The second-order valence-corrected chi connectivity index (χ2v) is 4.89. The van der Waals surface area contributed by atoms with Gasteiger partial charge in [-0.3, -0.25) is 9.59 Å². The molecule has 0 saturated heterocycles. The minimum Gasteiger partial charge on any atom is -0.480 e. The van der Waals surface area contributed by atoms with Gasteiger partial charge in [0.05, 0.1) is 0 Å². The minimum absolute atomic E-state index is 0.0160. The molecule has 0 saturated carbocycles. The second-order valence-electron chi connectivity index (χ2n) is 3.58. The molecule has 0 aromatic rings. The Kier molecular flexibility index (Phi) is 7.21. The first-order valence-electron chi connectivity index (χ1n) is 5.11. The van der Waals surface area contributed by atoms with Crippen LogP contribution in [0.15, 0.2) is 0 Å². The zero-order chi connectivity index (χ0) is 11.8. The highest BCUT2D eigenvalue weighted by atomic mass is 32.2. The fourth-order valence-electron chi connectivity index (χ4n) is 1.05. The normalized spacial score (nSPS) is 12.5. The molecule has 1 atom stereocenters. The Morgan fingerprint density at radius 1 is 1.40 bits per heavy atom. The van der Waals surface area contributed by atoms with Crippen molar-refractivity contribution in [2.75, 3.05) is 5.75 Å². The van der Waals surface area contributed by atoms with Crippen molar-refractivity contribution in [3.8, 4) is 0 Å². The van der Waals surface area contributed by atoms with E-state index in [-0.39, 0.29) is 11.9 Å². The van der Waals surface area contributed by atoms with E-state index in [1.54, 1.807) is 0 Å². The van der Waals surface area contributed by atoms with Crippen molar-refractivity contribution >= 4 is 23.6 Å². The van der Waals surface area contributed by atoms with Crippen LogP contribution in [0, 0.1) is 0 Å². The summed E-state index contributed by atoms with van der Waals surface area (Å²) in [6.45, 7) is 5.63. The van der Waals surface area contributed by atoms with Gasteiger partial charge in [-0.2, -0.15) is 0 Å². The van der Waals surface area contributed by atoms with Crippen molar-refractivity contribution < 1.29 is 14.7 Å². The summed E-state index contributed by atoms with van der Waals surface area (Å²) in [5.41, 5.74) is 0. The van der Waals surface area contributed by atoms with E-state index in [9.17, 15) is 9.59 Å². The van der Waals surface area contributed by atoms with E-state index in [0.717, 1.165) is 0 Å². The second kappa shape index (κ2) is 7.56. The molecule has 0 aliphatic heterocycles. The Balaban J connectivity index is 3.68. The number of hydrogen-bond donors (Lipinski definition) is 2. The van der Waals surface area contributed by atoms with Crippen molar-refractivity contribution in [1.29, 1.82) is 0 Å². The van der Waals surface area contributed by atoms with Gasteiger partial charge in [-0.25, -0.2) is 0 Å². The minimum atomic E-state index is -0.799. The Hall–Kier alpha value is -0.710. The molecule has 15 heavy (non-hydrogen) atoms. The fraction of sp³-hybridized carbons (Fsp3) is 0.800. The molecular weight excluding hydrogens is 214 g/mol. The average molecular weight is 233 g/mol. The molecule has 2 N–H and O–H groups in total. The maximum absolute atomic E-state index is 11.2. The number of nitrogens with one attached hydrogen (secondary N) is 1. The molecule has 0 rings (SSSR count). The van der Waals surface area contributed by atoms with Crippen LogP contribution in [0.1, 0.15) is 33.6 Å². The van der Waals surface area contributed by atoms with Gasteiger partial charge in [0.15, 0.2) is 0 Å². The Bertz CT molecular complexity index is 219. The van der Waals surface area contributed by atoms with Crippen molar-refractivity contribution in [2.24, 2.45) is 0 Å². The number of carboxylic acids is 1. The summed E-state index contributed by atoms with van der Waals surface area (Å²) in [5, 5.41) is 11.1. The number of hydrogen-bond acceptors (Lipinski definition) is 3. The van der Waals surface area contributed by atoms with Crippen molar-refractivity contribution in [3.63, 3.8) is 0 Å². The molecule has 0 aliphatic rings. The topological polar surface area (TPSA) is 66.4 Å². The number of thioether (sulfide) groups is 1. The molecule has 0 heterocycles. The quantitative estimate of drug-likeness (QED) is 0.699. The first-order chi connectivity index (χ1) is 6.97. The number of rotatable bonds is 7. The van der Waals surface area contributed by atoms with Gasteiger partial charge in [-0.05, 0) is 20.3 Å². The van der Waals surface area contributed by atoms with E-state index in [2.05, 4.69) is 5.32 Å². The van der Waals surface area contributed by atoms with E-state index < -0.39 is 11.2 Å². The molecule has 88 valence electrons. The van der Waals surface area contributed by atoms with Gasteiger partial charge in [-0.1, -0.05) is 6.92 Å². The lowest BCUT2D eigenvalue weighted by Crippen LogP contribution is -2.30. The third-order valence-corrected chi connectivity index (χ3v) is 3.12. The van der Waals surface area contributed by atoms with Crippen LogP contribution in [0.2, 0.25) is 0 Å². The van der Waals surface area contributed by atoms with Crippen LogP contribution in [-0.4, -0.2) is 34.0 Å². The predicted octanol–water partition coefficient (Wildman–Crippen LogP) is 1.50. The van der Waals surface area contributed by atoms with Gasteiger partial charge >= 0.3 is 5.97 Å². The van der Waals surface area contributed by atoms with Gasteiger partial charge in [0.25, 0.3) is 0 Å². The van der Waals surface area contributed by atoms with Crippen LogP contribution in [0.4, 0.5) is 0 Å². The van der Waals surface area contributed by atoms with Crippen LogP contribution in [-0.2, 0) is 9.59 Å². The van der Waals surface area contributed by atoms with Crippen molar-refractivity contribution in [3.05, 3.63) is 0 Å². The van der Waals surface area contributed by atoms with Gasteiger partial charge < -0.3 is 10.4 Å². The number of carbonyl (C=O) groups is 2. The van der Waals surface area contributed by atoms with Gasteiger partial charge in [-0.15, -0.1) is 11.8 Å². The van der Waals surface area contributed by atoms with Gasteiger partial charge in [0, 0.05) is 18.2 Å². The largest absolute Gasteiger partial charge is 0.480 e. The zero-order valence-corrected chi connectivity index (χ0v) is 10.3. The number of aliphatic carboxylic acids is 1. The lowest BCUT2D eigenvalue weighted by Gasteiger charge is -2.10. The standard InChI is InChI=1S/C10H19NO3S/c1-4-8(10(13)14)15-6-5-9(12)11-7(2)3/h7-8H,4-6H2,1-3H3,(H,11,12)(H,13,14). The summed E-state index contributed by atoms with van der Waals surface area (Å²) in [4.78, 5) is 21.9. The summed E-state index contributed by atoms with van der Waals surface area (Å²) in [6.07, 6.45) is 0.971. The summed E-state index contributed by atoms with van der Waals surface area (Å²) in [6, 6.07) is 0.143. The van der Waals surface area contributed by atoms with E-state index >= 15 is 0 Å². The SMILES string of the molecule is CCC(SCCC(=O)NC(C)C)C(=O)O. The van der Waals surface area contributed by atoms with E-state index in [1.165, 1.54) is 11.8 Å². The van der Waals surface area contributed by atoms with Crippen LogP contribution in [0.25, 0.3) is 0 Å². The smallest absolute Gasteiger partial charge is 0.316 e. The highest BCUT2D eigenvalue weighted by Crippen LogP contribution is 2.15. The molecule has 0 aromatic carbocycles. The summed E-state index contributed by atoms with van der Waals surface area (Å²) < 4.78 is 0. The Morgan fingerprint density at radius 3 is 2.40 bits per heavy atom. The Morgan fingerprint density at radius 2 is 2.00 bits per heavy atom. The summed E-state index contributed by atoms with van der Waals surface area (Å²) in [5.74, 6) is -0.256. The molecule has 0 aliphatic carbocycles. The zero-order valence-electron chi connectivity index (χ0n) is 9.45. The molecule has 5 heteroatoms. The molecule has 0 spiro atoms. The van der Waals surface area contributed by atoms with Crippen LogP contribution < -0.4 is 5.32 Å². The predicted molar refractivity (Wildman–Crippen MR) is 62.1 cm³/mol. The number of carbonyl (C=O) groups excluding carboxylic acids is 1. The third-order valence-electron chi connectivity index (χ3n) is 1.74. The van der Waals surface area contributed by atoms with Crippen molar-refractivity contribution in [1.82, 2.24) is 5.32 Å². The number of carboxylic acid groups (broad SMARTS) is 1. The maximum Gasteiger partial charge on any atom is 0.316 e. The van der Waals surface area contributed by atoms with Gasteiger partial charge in [0.2, 0.25) is 5.91 Å². The van der Waals surface area contributed by atoms with Crippen molar-refractivity contribution in [2.45, 2.75) is 44.9 Å². The molecule has 4 nitrogen and oxygen atoms in total. The summed E-state index contributed by atoms with van der Waals surface area (Å²) in [7, 11) is 0. The highest BCUT2D eigenvalue weighted by molar-refractivity contribution is 8.00. The molecule has 0 fully saturated rings. The highest BCUT2D eigenvalue weighted by Gasteiger charge is 2.15. The molecule has 0 radical (unpaired) electrons. The fourth-order valence-corrected chi connectivity index (χ4v) is 2.02. The first-order valence-corrected chi connectivity index (χ1v) is 6.16. The first kappa shape index (κ1) is 14.3. The molecule has 1 unspecified atom stereocenters. The van der Waals surface area contributed by atoms with Crippen LogP contribution >= 0.6 is 11.8 Å². The van der Waals surface area contributed by atoms with E-state index in [1.807, 2.05) is 20.8 Å². The molecule has 1 amide bonds.